The van der Waals surface area contributed by atoms with E-state index < -0.39 is 6.04 Å². The molecule has 2 fully saturated rings. The Bertz CT molecular complexity index is 974. The zero-order valence-corrected chi connectivity index (χ0v) is 22.0. The number of hydrogen-bond donors (Lipinski definition) is 1. The van der Waals surface area contributed by atoms with Gasteiger partial charge in [-0.15, -0.1) is 11.3 Å². The minimum absolute atomic E-state index is 0.0527. The largest absolute Gasteiger partial charge is 0.493 e. The number of ether oxygens (including phenoxy) is 1. The summed E-state index contributed by atoms with van der Waals surface area (Å²) in [7, 11) is 0. The summed E-state index contributed by atoms with van der Waals surface area (Å²) in [6.07, 6.45) is 2.90. The van der Waals surface area contributed by atoms with E-state index in [1.807, 2.05) is 24.0 Å². The third-order valence-electron chi connectivity index (χ3n) is 7.21. The summed E-state index contributed by atoms with van der Waals surface area (Å²) in [5, 5.41) is 2.12. The third-order valence-corrected chi connectivity index (χ3v) is 8.35. The zero-order chi connectivity index (χ0) is 24.8. The lowest BCUT2D eigenvalue weighted by Crippen LogP contribution is -2.55. The van der Waals surface area contributed by atoms with E-state index in [4.69, 9.17) is 22.1 Å². The number of halogens is 2. The molecule has 6 nitrogen and oxygen atoms in total. The first-order valence-electron chi connectivity index (χ1n) is 12.6. The van der Waals surface area contributed by atoms with Crippen LogP contribution in [-0.4, -0.2) is 79.1 Å². The molecule has 1 aromatic carbocycles. The van der Waals surface area contributed by atoms with E-state index in [0.29, 0.717) is 50.6 Å². The van der Waals surface area contributed by atoms with Gasteiger partial charge in [0.2, 0.25) is 5.91 Å². The van der Waals surface area contributed by atoms with Gasteiger partial charge in [-0.05, 0) is 74.3 Å². The minimum atomic E-state index is -0.449. The maximum atomic E-state index is 14.4. The lowest BCUT2D eigenvalue weighted by Gasteiger charge is -2.39. The average Bonchev–Trinajstić information content (AvgIpc) is 3.30. The Hall–Kier alpha value is -1.71. The van der Waals surface area contributed by atoms with Crippen molar-refractivity contribution in [3.8, 4) is 5.75 Å². The van der Waals surface area contributed by atoms with Crippen LogP contribution in [0.2, 0.25) is 4.34 Å². The molecule has 0 aliphatic carbocycles. The second kappa shape index (κ2) is 12.5. The van der Waals surface area contributed by atoms with Gasteiger partial charge in [0.25, 0.3) is 0 Å². The van der Waals surface area contributed by atoms with E-state index in [1.54, 1.807) is 17.4 Å². The first-order valence-corrected chi connectivity index (χ1v) is 13.8. The second-order valence-electron chi connectivity index (χ2n) is 9.46. The predicted molar refractivity (Wildman–Crippen MR) is 140 cm³/mol. The molecule has 35 heavy (non-hydrogen) atoms. The molecule has 0 spiro atoms. The number of benzene rings is 1. The number of thiophene rings is 1. The Morgan fingerprint density at radius 1 is 1.20 bits per heavy atom. The Balaban J connectivity index is 1.21. The van der Waals surface area contributed by atoms with Gasteiger partial charge in [0.15, 0.2) is 0 Å². The van der Waals surface area contributed by atoms with Crippen molar-refractivity contribution in [1.29, 1.82) is 0 Å². The van der Waals surface area contributed by atoms with Crippen LogP contribution in [0, 0.1) is 11.7 Å². The molecule has 0 unspecified atom stereocenters. The van der Waals surface area contributed by atoms with E-state index in [9.17, 15) is 9.18 Å². The first-order chi connectivity index (χ1) is 16.9. The lowest BCUT2D eigenvalue weighted by molar-refractivity contribution is -0.136. The van der Waals surface area contributed by atoms with Gasteiger partial charge in [0, 0.05) is 44.8 Å². The molecule has 0 radical (unpaired) electrons. The van der Waals surface area contributed by atoms with Crippen molar-refractivity contribution in [2.24, 2.45) is 11.7 Å². The fraction of sp³-hybridized carbons (Fsp3) is 0.577. The molecule has 2 saturated heterocycles. The van der Waals surface area contributed by atoms with Gasteiger partial charge in [-0.25, -0.2) is 4.39 Å². The molecule has 0 saturated carbocycles. The van der Waals surface area contributed by atoms with Crippen LogP contribution in [0.3, 0.4) is 0 Å². The predicted octanol–water partition coefficient (Wildman–Crippen LogP) is 3.87. The molecule has 1 amide bonds. The summed E-state index contributed by atoms with van der Waals surface area (Å²) in [6.45, 7) is 8.47. The number of nitrogens with two attached hydrogens (primary N) is 1. The number of likely N-dealkylation sites (tertiary alicyclic amines) is 1. The summed E-state index contributed by atoms with van der Waals surface area (Å²) in [5.74, 6) is 0.622. The first kappa shape index (κ1) is 26.4. The van der Waals surface area contributed by atoms with Crippen molar-refractivity contribution < 1.29 is 13.9 Å². The quantitative estimate of drug-likeness (QED) is 0.542. The lowest BCUT2D eigenvalue weighted by atomic mass is 9.89. The molecule has 2 aliphatic rings. The van der Waals surface area contributed by atoms with Gasteiger partial charge in [-0.3, -0.25) is 9.69 Å². The molecule has 2 aliphatic heterocycles. The highest BCUT2D eigenvalue weighted by atomic mass is 35.5. The molecular formula is C26H36ClFN4O2S. The van der Waals surface area contributed by atoms with Gasteiger partial charge >= 0.3 is 0 Å². The van der Waals surface area contributed by atoms with Crippen molar-refractivity contribution in [1.82, 2.24) is 14.7 Å². The van der Waals surface area contributed by atoms with Crippen LogP contribution >= 0.6 is 22.9 Å². The number of nitrogens with zero attached hydrogens (tertiary/aromatic N) is 3. The standard InChI is InChI=1S/C26H36ClFN4O2S/c1-2-34-23-5-3-4-22(28)21(23)17-31-12-14-32(15-13-31)26(33)25(29)20-7-10-30(11-8-20)9-6-19-16-24(27)35-18-19/h3-5,16,18,20,25H,2,6-15,17,29H2,1H3/t25-/m1/s1. The molecule has 1 atom stereocenters. The van der Waals surface area contributed by atoms with Crippen LogP contribution in [0.5, 0.6) is 5.75 Å². The van der Waals surface area contributed by atoms with Crippen molar-refractivity contribution in [2.45, 2.75) is 38.8 Å². The molecule has 9 heteroatoms. The van der Waals surface area contributed by atoms with Crippen LogP contribution < -0.4 is 10.5 Å². The number of piperidine rings is 1. The fourth-order valence-electron chi connectivity index (χ4n) is 5.05. The van der Waals surface area contributed by atoms with Gasteiger partial charge in [-0.2, -0.15) is 0 Å². The maximum absolute atomic E-state index is 14.4. The number of amides is 1. The van der Waals surface area contributed by atoms with Crippen LogP contribution in [0.15, 0.2) is 29.6 Å². The zero-order valence-electron chi connectivity index (χ0n) is 20.4. The summed E-state index contributed by atoms with van der Waals surface area (Å²) in [6, 6.07) is 6.55. The fourth-order valence-corrected chi connectivity index (χ4v) is 5.99. The van der Waals surface area contributed by atoms with Crippen molar-refractivity contribution in [3.63, 3.8) is 0 Å². The monoisotopic (exact) mass is 522 g/mol. The molecule has 0 bridgehead atoms. The molecule has 4 rings (SSSR count). The maximum Gasteiger partial charge on any atom is 0.239 e. The number of rotatable bonds is 9. The van der Waals surface area contributed by atoms with Crippen LogP contribution in [0.25, 0.3) is 0 Å². The Kier molecular flexibility index (Phi) is 9.41. The van der Waals surface area contributed by atoms with E-state index >= 15 is 0 Å². The summed E-state index contributed by atoms with van der Waals surface area (Å²) in [4.78, 5) is 19.6. The van der Waals surface area contributed by atoms with Gasteiger partial charge in [0.1, 0.15) is 11.6 Å². The molecule has 3 heterocycles. The minimum Gasteiger partial charge on any atom is -0.493 e. The van der Waals surface area contributed by atoms with Crippen molar-refractivity contribution in [3.05, 3.63) is 50.9 Å². The normalized spacial score (nSPS) is 19.1. The summed E-state index contributed by atoms with van der Waals surface area (Å²) < 4.78 is 20.9. The highest BCUT2D eigenvalue weighted by molar-refractivity contribution is 7.14. The Morgan fingerprint density at radius 2 is 1.94 bits per heavy atom. The number of carbonyl (C=O) groups excluding carboxylic acids is 1. The van der Waals surface area contributed by atoms with E-state index in [2.05, 4.69) is 15.2 Å². The molecule has 2 aromatic rings. The SMILES string of the molecule is CCOc1cccc(F)c1CN1CCN(C(=O)[C@H](N)C2CCN(CCc3csc(Cl)c3)CC2)CC1. The highest BCUT2D eigenvalue weighted by Gasteiger charge is 2.33. The van der Waals surface area contributed by atoms with E-state index in [0.717, 1.165) is 43.2 Å². The molecule has 2 N–H and O–H groups in total. The van der Waals surface area contributed by atoms with E-state index in [-0.39, 0.29) is 17.6 Å². The summed E-state index contributed by atoms with van der Waals surface area (Å²) in [5.41, 5.74) is 8.34. The molecular weight excluding hydrogens is 487 g/mol. The third kappa shape index (κ3) is 6.95. The van der Waals surface area contributed by atoms with Crippen molar-refractivity contribution >= 4 is 28.8 Å². The van der Waals surface area contributed by atoms with Gasteiger partial charge in [0.05, 0.1) is 17.0 Å². The highest BCUT2D eigenvalue weighted by Crippen LogP contribution is 2.26. The van der Waals surface area contributed by atoms with Crippen LogP contribution in [-0.2, 0) is 17.8 Å². The summed E-state index contributed by atoms with van der Waals surface area (Å²) >= 11 is 7.61. The number of carbonyl (C=O) groups is 1. The Morgan fingerprint density at radius 3 is 2.60 bits per heavy atom. The molecule has 192 valence electrons. The van der Waals surface area contributed by atoms with E-state index in [1.165, 1.54) is 11.6 Å². The van der Waals surface area contributed by atoms with Crippen LogP contribution in [0.4, 0.5) is 4.39 Å². The van der Waals surface area contributed by atoms with Gasteiger partial charge in [-0.1, -0.05) is 17.7 Å². The smallest absolute Gasteiger partial charge is 0.239 e. The van der Waals surface area contributed by atoms with Crippen LogP contribution in [0.1, 0.15) is 30.9 Å². The molecule has 1 aromatic heterocycles. The van der Waals surface area contributed by atoms with Crippen molar-refractivity contribution in [2.75, 3.05) is 52.4 Å². The number of hydrogen-bond acceptors (Lipinski definition) is 6. The Labute approximate surface area is 216 Å². The topological polar surface area (TPSA) is 62.0 Å². The van der Waals surface area contributed by atoms with Gasteiger partial charge < -0.3 is 20.3 Å². The average molecular weight is 523 g/mol. The number of piperazine rings is 1. The second-order valence-corrected chi connectivity index (χ2v) is 11.0.